The second-order valence-corrected chi connectivity index (χ2v) is 4.78. The fourth-order valence-electron chi connectivity index (χ4n) is 1.91. The second kappa shape index (κ2) is 5.54. The number of carbonyl (C=O) groups is 1. The molecule has 0 bridgehead atoms. The molecule has 1 aromatic carbocycles. The van der Waals surface area contributed by atoms with E-state index in [0.29, 0.717) is 23.0 Å². The molecule has 0 saturated heterocycles. The van der Waals surface area contributed by atoms with Crippen LogP contribution in [0.3, 0.4) is 0 Å². The van der Waals surface area contributed by atoms with Gasteiger partial charge in [-0.25, -0.2) is 9.48 Å². The van der Waals surface area contributed by atoms with E-state index in [0.717, 1.165) is 11.3 Å². The number of hydrogen-bond acceptors (Lipinski definition) is 4. The molecule has 6 heteroatoms. The number of aromatic nitrogens is 2. The quantitative estimate of drug-likeness (QED) is 0.883. The van der Waals surface area contributed by atoms with E-state index in [1.54, 1.807) is 19.9 Å². The highest BCUT2D eigenvalue weighted by molar-refractivity contribution is 6.31. The SMILES string of the molecule is CCOC(=O)c1nn(-c2cccc(Cl)c2C)c(N)c1C. The lowest BCUT2D eigenvalue weighted by atomic mass is 10.2. The standard InChI is InChI=1S/C14H16ClN3O2/c1-4-20-14(19)12-9(3)13(16)18(17-12)11-7-5-6-10(15)8(11)2/h5-7H,4,16H2,1-3H3. The lowest BCUT2D eigenvalue weighted by Crippen LogP contribution is -2.08. The van der Waals surface area contributed by atoms with Crippen molar-refractivity contribution in [3.05, 3.63) is 40.0 Å². The van der Waals surface area contributed by atoms with Gasteiger partial charge in [-0.2, -0.15) is 5.10 Å². The number of esters is 1. The normalized spacial score (nSPS) is 10.6. The molecule has 5 nitrogen and oxygen atoms in total. The summed E-state index contributed by atoms with van der Waals surface area (Å²) < 4.78 is 6.49. The van der Waals surface area contributed by atoms with Crippen LogP contribution in [0.15, 0.2) is 18.2 Å². The first-order chi connectivity index (χ1) is 9.47. The van der Waals surface area contributed by atoms with Crippen molar-refractivity contribution in [3.63, 3.8) is 0 Å². The van der Waals surface area contributed by atoms with E-state index in [4.69, 9.17) is 22.1 Å². The number of benzene rings is 1. The lowest BCUT2D eigenvalue weighted by Gasteiger charge is -2.08. The molecular formula is C14H16ClN3O2. The van der Waals surface area contributed by atoms with Crippen LogP contribution in [-0.4, -0.2) is 22.4 Å². The van der Waals surface area contributed by atoms with Crippen LogP contribution in [0.1, 0.15) is 28.5 Å². The Kier molecular flexibility index (Phi) is 3.99. The van der Waals surface area contributed by atoms with E-state index in [1.807, 2.05) is 19.1 Å². The van der Waals surface area contributed by atoms with E-state index in [2.05, 4.69) is 5.10 Å². The minimum atomic E-state index is -0.477. The third kappa shape index (κ3) is 2.36. The Morgan fingerprint density at radius 2 is 2.10 bits per heavy atom. The molecule has 0 unspecified atom stereocenters. The van der Waals surface area contributed by atoms with Gasteiger partial charge in [0.05, 0.1) is 12.3 Å². The molecule has 0 fully saturated rings. The summed E-state index contributed by atoms with van der Waals surface area (Å²) in [5.74, 6) is -0.0754. The summed E-state index contributed by atoms with van der Waals surface area (Å²) in [6.07, 6.45) is 0. The lowest BCUT2D eigenvalue weighted by molar-refractivity contribution is 0.0518. The molecule has 0 aliphatic rings. The van der Waals surface area contributed by atoms with E-state index in [-0.39, 0.29) is 5.69 Å². The molecule has 2 rings (SSSR count). The summed E-state index contributed by atoms with van der Waals surface area (Å²) in [7, 11) is 0. The van der Waals surface area contributed by atoms with E-state index in [1.165, 1.54) is 4.68 Å². The van der Waals surface area contributed by atoms with Gasteiger partial charge in [0, 0.05) is 10.6 Å². The molecule has 0 amide bonds. The second-order valence-electron chi connectivity index (χ2n) is 4.38. The third-order valence-corrected chi connectivity index (χ3v) is 3.51. The van der Waals surface area contributed by atoms with Gasteiger partial charge in [0.1, 0.15) is 5.82 Å². The minimum absolute atomic E-state index is 0.226. The number of nitrogens with zero attached hydrogens (tertiary/aromatic N) is 2. The number of hydrogen-bond donors (Lipinski definition) is 1. The van der Waals surface area contributed by atoms with Crippen LogP contribution >= 0.6 is 11.6 Å². The van der Waals surface area contributed by atoms with Gasteiger partial charge >= 0.3 is 5.97 Å². The molecule has 106 valence electrons. The van der Waals surface area contributed by atoms with Gasteiger partial charge in [-0.05, 0) is 38.5 Å². The van der Waals surface area contributed by atoms with Crippen LogP contribution in [0.25, 0.3) is 5.69 Å². The van der Waals surface area contributed by atoms with Gasteiger partial charge < -0.3 is 10.5 Å². The van der Waals surface area contributed by atoms with Crippen LogP contribution < -0.4 is 5.73 Å². The van der Waals surface area contributed by atoms with E-state index < -0.39 is 5.97 Å². The molecule has 20 heavy (non-hydrogen) atoms. The van der Waals surface area contributed by atoms with Crippen molar-refractivity contribution in [1.29, 1.82) is 0 Å². The number of nitrogens with two attached hydrogens (primary N) is 1. The number of ether oxygens (including phenoxy) is 1. The Morgan fingerprint density at radius 1 is 1.40 bits per heavy atom. The molecule has 0 aliphatic heterocycles. The zero-order valence-corrected chi connectivity index (χ0v) is 12.4. The van der Waals surface area contributed by atoms with Crippen LogP contribution in [-0.2, 0) is 4.74 Å². The maximum absolute atomic E-state index is 11.8. The number of halogens is 1. The Bertz CT molecular complexity index is 665. The fraction of sp³-hybridized carbons (Fsp3) is 0.286. The molecular weight excluding hydrogens is 278 g/mol. The van der Waals surface area contributed by atoms with Gasteiger partial charge in [0.2, 0.25) is 0 Å². The number of carbonyl (C=O) groups excluding carboxylic acids is 1. The van der Waals surface area contributed by atoms with Gasteiger partial charge in [-0.3, -0.25) is 0 Å². The predicted molar refractivity (Wildman–Crippen MR) is 78.4 cm³/mol. The van der Waals surface area contributed by atoms with Crippen molar-refractivity contribution in [3.8, 4) is 5.69 Å². The molecule has 1 aromatic heterocycles. The zero-order valence-electron chi connectivity index (χ0n) is 11.6. The Hall–Kier alpha value is -2.01. The van der Waals surface area contributed by atoms with Crippen molar-refractivity contribution in [2.24, 2.45) is 0 Å². The van der Waals surface area contributed by atoms with Gasteiger partial charge in [-0.15, -0.1) is 0 Å². The Morgan fingerprint density at radius 3 is 2.75 bits per heavy atom. The number of anilines is 1. The molecule has 0 radical (unpaired) electrons. The molecule has 0 aliphatic carbocycles. The summed E-state index contributed by atoms with van der Waals surface area (Å²) in [4.78, 5) is 11.8. The molecule has 1 heterocycles. The average molecular weight is 294 g/mol. The summed E-state index contributed by atoms with van der Waals surface area (Å²) >= 11 is 6.10. The molecule has 0 atom stereocenters. The molecule has 0 saturated carbocycles. The van der Waals surface area contributed by atoms with Crippen LogP contribution in [0.2, 0.25) is 5.02 Å². The maximum atomic E-state index is 11.8. The molecule has 2 aromatic rings. The number of nitrogen functional groups attached to an aromatic ring is 1. The van der Waals surface area contributed by atoms with Crippen molar-refractivity contribution >= 4 is 23.4 Å². The first kappa shape index (κ1) is 14.4. The highest BCUT2D eigenvalue weighted by Gasteiger charge is 2.21. The smallest absolute Gasteiger partial charge is 0.359 e. The van der Waals surface area contributed by atoms with Gasteiger partial charge in [0.15, 0.2) is 5.69 Å². The van der Waals surface area contributed by atoms with Crippen LogP contribution in [0.5, 0.6) is 0 Å². The summed E-state index contributed by atoms with van der Waals surface area (Å²) in [5.41, 5.74) is 8.45. The van der Waals surface area contributed by atoms with Crippen molar-refractivity contribution in [2.75, 3.05) is 12.3 Å². The van der Waals surface area contributed by atoms with E-state index >= 15 is 0 Å². The Labute approximate surface area is 122 Å². The Balaban J connectivity index is 2.56. The fourth-order valence-corrected chi connectivity index (χ4v) is 2.08. The zero-order chi connectivity index (χ0) is 14.9. The molecule has 0 spiro atoms. The van der Waals surface area contributed by atoms with E-state index in [9.17, 15) is 4.79 Å². The largest absolute Gasteiger partial charge is 0.461 e. The maximum Gasteiger partial charge on any atom is 0.359 e. The highest BCUT2D eigenvalue weighted by atomic mass is 35.5. The topological polar surface area (TPSA) is 70.1 Å². The average Bonchev–Trinajstić information content (AvgIpc) is 2.70. The molecule has 2 N–H and O–H groups in total. The van der Waals surface area contributed by atoms with Crippen LogP contribution in [0, 0.1) is 13.8 Å². The monoisotopic (exact) mass is 293 g/mol. The summed E-state index contributed by atoms with van der Waals surface area (Å²) in [5, 5.41) is 4.88. The van der Waals surface area contributed by atoms with Gasteiger partial charge in [-0.1, -0.05) is 17.7 Å². The van der Waals surface area contributed by atoms with Crippen molar-refractivity contribution < 1.29 is 9.53 Å². The highest BCUT2D eigenvalue weighted by Crippen LogP contribution is 2.26. The first-order valence-electron chi connectivity index (χ1n) is 6.25. The summed E-state index contributed by atoms with van der Waals surface area (Å²) in [6, 6.07) is 5.45. The van der Waals surface area contributed by atoms with Gasteiger partial charge in [0.25, 0.3) is 0 Å². The number of rotatable bonds is 3. The third-order valence-electron chi connectivity index (χ3n) is 3.10. The minimum Gasteiger partial charge on any atom is -0.461 e. The van der Waals surface area contributed by atoms with Crippen molar-refractivity contribution in [2.45, 2.75) is 20.8 Å². The van der Waals surface area contributed by atoms with Crippen LogP contribution in [0.4, 0.5) is 5.82 Å². The first-order valence-corrected chi connectivity index (χ1v) is 6.62. The van der Waals surface area contributed by atoms with Crippen molar-refractivity contribution in [1.82, 2.24) is 9.78 Å². The predicted octanol–water partition coefficient (Wildman–Crippen LogP) is 2.90. The summed E-state index contributed by atoms with van der Waals surface area (Å²) in [6.45, 7) is 5.65.